The summed E-state index contributed by atoms with van der Waals surface area (Å²) in [4.78, 5) is 3.94. The lowest BCUT2D eigenvalue weighted by molar-refractivity contribution is 0.268. The minimum Gasteiger partial charge on any atom is -0.394 e. The minimum atomic E-state index is -0.311. The van der Waals surface area contributed by atoms with Gasteiger partial charge in [-0.1, -0.05) is 13.8 Å². The van der Waals surface area contributed by atoms with Crippen LogP contribution in [0.5, 0.6) is 0 Å². The highest BCUT2D eigenvalue weighted by atomic mass is 79.9. The van der Waals surface area contributed by atoms with Crippen molar-refractivity contribution in [2.45, 2.75) is 19.9 Å². The predicted octanol–water partition coefficient (Wildman–Crippen LogP) is 1.86. The Balaban J connectivity index is 0.000000671. The van der Waals surface area contributed by atoms with Crippen LogP contribution in [0.25, 0.3) is 0 Å². The van der Waals surface area contributed by atoms with Gasteiger partial charge < -0.3 is 10.8 Å². The number of rotatable bonds is 2. The molecule has 1 rings (SSSR count). The Kier molecular flexibility index (Phi) is 6.76. The van der Waals surface area contributed by atoms with Gasteiger partial charge in [-0.25, -0.2) is 4.98 Å². The summed E-state index contributed by atoms with van der Waals surface area (Å²) in [7, 11) is 0. The number of aliphatic hydroxyl groups is 1. The zero-order chi connectivity index (χ0) is 10.3. The van der Waals surface area contributed by atoms with Gasteiger partial charge in [0.05, 0.1) is 12.6 Å². The van der Waals surface area contributed by atoms with Gasteiger partial charge in [-0.3, -0.25) is 0 Å². The van der Waals surface area contributed by atoms with Crippen molar-refractivity contribution in [1.82, 2.24) is 4.98 Å². The number of nitrogens with zero attached hydrogens (tertiary/aromatic N) is 1. The third-order valence-electron chi connectivity index (χ3n) is 1.38. The van der Waals surface area contributed by atoms with Gasteiger partial charge in [-0.2, -0.15) is 0 Å². The smallest absolute Gasteiger partial charge is 0.106 e. The second kappa shape index (κ2) is 7.00. The van der Waals surface area contributed by atoms with Crippen molar-refractivity contribution in [2.75, 3.05) is 6.61 Å². The lowest BCUT2D eigenvalue weighted by Gasteiger charge is -2.07. The number of aliphatic hydroxyl groups excluding tert-OH is 1. The van der Waals surface area contributed by atoms with Crippen LogP contribution >= 0.6 is 15.9 Å². The molecule has 0 amide bonds. The second-order valence-corrected chi connectivity index (χ2v) is 3.01. The molecule has 0 aromatic carbocycles. The number of pyridine rings is 1. The molecular formula is C9H15BrN2O. The van der Waals surface area contributed by atoms with Gasteiger partial charge in [0.15, 0.2) is 0 Å². The zero-order valence-corrected chi connectivity index (χ0v) is 9.45. The first kappa shape index (κ1) is 12.6. The van der Waals surface area contributed by atoms with E-state index in [4.69, 9.17) is 10.8 Å². The van der Waals surface area contributed by atoms with Crippen LogP contribution in [-0.4, -0.2) is 16.7 Å². The first-order chi connectivity index (χ1) is 6.24. The fraction of sp³-hybridized carbons (Fsp3) is 0.444. The Bertz CT molecular complexity index is 243. The molecule has 3 N–H and O–H groups in total. The summed E-state index contributed by atoms with van der Waals surface area (Å²) in [5.41, 5.74) is 6.45. The molecule has 1 heterocycles. The summed E-state index contributed by atoms with van der Waals surface area (Å²) in [6, 6.07) is 3.27. The van der Waals surface area contributed by atoms with Crippen LogP contribution in [0.3, 0.4) is 0 Å². The normalized spacial score (nSPS) is 11.5. The molecule has 0 radical (unpaired) electrons. The minimum absolute atomic E-state index is 0.0452. The lowest BCUT2D eigenvalue weighted by atomic mass is 10.1. The van der Waals surface area contributed by atoms with E-state index < -0.39 is 0 Å². The van der Waals surface area contributed by atoms with Gasteiger partial charge in [0.25, 0.3) is 0 Å². The number of aromatic nitrogens is 1. The number of hydrogen-bond acceptors (Lipinski definition) is 3. The van der Waals surface area contributed by atoms with Gasteiger partial charge in [0.2, 0.25) is 0 Å². The SMILES string of the molecule is CC.NC(CO)c1ccnc(Br)c1. The van der Waals surface area contributed by atoms with Crippen molar-refractivity contribution in [3.63, 3.8) is 0 Å². The Labute approximate surface area is 87.1 Å². The molecule has 0 aliphatic rings. The van der Waals surface area contributed by atoms with Crippen molar-refractivity contribution in [3.05, 3.63) is 28.5 Å². The molecule has 13 heavy (non-hydrogen) atoms. The maximum absolute atomic E-state index is 8.72. The predicted molar refractivity (Wildman–Crippen MR) is 57.3 cm³/mol. The zero-order valence-electron chi connectivity index (χ0n) is 7.87. The van der Waals surface area contributed by atoms with Crippen LogP contribution in [0.2, 0.25) is 0 Å². The van der Waals surface area contributed by atoms with Crippen LogP contribution in [0.1, 0.15) is 25.5 Å². The molecular weight excluding hydrogens is 232 g/mol. The Hall–Kier alpha value is -0.450. The summed E-state index contributed by atoms with van der Waals surface area (Å²) in [6.45, 7) is 3.95. The van der Waals surface area contributed by atoms with Crippen molar-refractivity contribution < 1.29 is 5.11 Å². The molecule has 74 valence electrons. The molecule has 1 aromatic rings. The fourth-order valence-electron chi connectivity index (χ4n) is 0.753. The molecule has 0 aliphatic heterocycles. The van der Waals surface area contributed by atoms with Crippen LogP contribution in [-0.2, 0) is 0 Å². The molecule has 1 atom stereocenters. The van der Waals surface area contributed by atoms with Crippen LogP contribution < -0.4 is 5.73 Å². The molecule has 4 heteroatoms. The molecule has 1 aromatic heterocycles. The summed E-state index contributed by atoms with van der Waals surface area (Å²) in [5, 5.41) is 8.72. The van der Waals surface area contributed by atoms with E-state index in [0.717, 1.165) is 10.2 Å². The molecule has 3 nitrogen and oxygen atoms in total. The number of halogens is 1. The van der Waals surface area contributed by atoms with E-state index in [2.05, 4.69) is 20.9 Å². The number of nitrogens with two attached hydrogens (primary N) is 1. The van der Waals surface area contributed by atoms with Crippen molar-refractivity contribution >= 4 is 15.9 Å². The van der Waals surface area contributed by atoms with E-state index in [9.17, 15) is 0 Å². The van der Waals surface area contributed by atoms with Gasteiger partial charge in [0.1, 0.15) is 4.60 Å². The van der Waals surface area contributed by atoms with E-state index in [1.165, 1.54) is 0 Å². The first-order valence-electron chi connectivity index (χ1n) is 4.22. The molecule has 0 saturated carbocycles. The quantitative estimate of drug-likeness (QED) is 0.784. The van der Waals surface area contributed by atoms with E-state index in [1.807, 2.05) is 13.8 Å². The molecule has 0 aliphatic carbocycles. The van der Waals surface area contributed by atoms with Gasteiger partial charge in [0, 0.05) is 6.20 Å². The molecule has 0 bridgehead atoms. The van der Waals surface area contributed by atoms with E-state index in [0.29, 0.717) is 0 Å². The molecule has 1 unspecified atom stereocenters. The van der Waals surface area contributed by atoms with Crippen LogP contribution in [0, 0.1) is 0 Å². The topological polar surface area (TPSA) is 59.1 Å². The lowest BCUT2D eigenvalue weighted by Crippen LogP contribution is -2.14. The van der Waals surface area contributed by atoms with Gasteiger partial charge >= 0.3 is 0 Å². The summed E-state index contributed by atoms with van der Waals surface area (Å²) in [6.07, 6.45) is 1.65. The van der Waals surface area contributed by atoms with Gasteiger partial charge in [-0.15, -0.1) is 0 Å². The van der Waals surface area contributed by atoms with E-state index in [1.54, 1.807) is 18.3 Å². The van der Waals surface area contributed by atoms with E-state index >= 15 is 0 Å². The third-order valence-corrected chi connectivity index (χ3v) is 1.81. The second-order valence-electron chi connectivity index (χ2n) is 2.20. The molecule has 0 spiro atoms. The largest absolute Gasteiger partial charge is 0.394 e. The molecule has 0 fully saturated rings. The standard InChI is InChI=1S/C7H9BrN2O.C2H6/c8-7-3-5(1-2-10-7)6(9)4-11;1-2/h1-3,6,11H,4,9H2;1-2H3. The highest BCUT2D eigenvalue weighted by molar-refractivity contribution is 9.10. The highest BCUT2D eigenvalue weighted by Crippen LogP contribution is 2.13. The van der Waals surface area contributed by atoms with Crippen molar-refractivity contribution in [1.29, 1.82) is 0 Å². The fourth-order valence-corrected chi connectivity index (χ4v) is 1.14. The summed E-state index contributed by atoms with van der Waals surface area (Å²) >= 11 is 3.21. The average molecular weight is 247 g/mol. The van der Waals surface area contributed by atoms with Crippen LogP contribution in [0.15, 0.2) is 22.9 Å². The van der Waals surface area contributed by atoms with Crippen molar-refractivity contribution in [3.8, 4) is 0 Å². The van der Waals surface area contributed by atoms with Crippen molar-refractivity contribution in [2.24, 2.45) is 5.73 Å². The Morgan fingerprint density at radius 1 is 1.62 bits per heavy atom. The Morgan fingerprint density at radius 3 is 2.69 bits per heavy atom. The van der Waals surface area contributed by atoms with Crippen LogP contribution in [0.4, 0.5) is 0 Å². The average Bonchev–Trinajstić information content (AvgIpc) is 2.20. The highest BCUT2D eigenvalue weighted by Gasteiger charge is 2.03. The Morgan fingerprint density at radius 2 is 2.23 bits per heavy atom. The monoisotopic (exact) mass is 246 g/mol. The molecule has 0 saturated heterocycles. The third kappa shape index (κ3) is 4.36. The first-order valence-corrected chi connectivity index (χ1v) is 5.01. The van der Waals surface area contributed by atoms with E-state index in [-0.39, 0.29) is 12.6 Å². The summed E-state index contributed by atoms with van der Waals surface area (Å²) in [5.74, 6) is 0. The van der Waals surface area contributed by atoms with Gasteiger partial charge in [-0.05, 0) is 33.6 Å². The number of hydrogen-bond donors (Lipinski definition) is 2. The summed E-state index contributed by atoms with van der Waals surface area (Å²) < 4.78 is 0.735. The maximum Gasteiger partial charge on any atom is 0.106 e. The maximum atomic E-state index is 8.72.